The third kappa shape index (κ3) is 2.82. The molecule has 1 amide bonds. The van der Waals surface area contributed by atoms with E-state index in [1.54, 1.807) is 24.3 Å². The largest absolute Gasteiger partial charge is 0.497 e. The fourth-order valence-electron chi connectivity index (χ4n) is 1.71. The van der Waals surface area contributed by atoms with Gasteiger partial charge in [-0.05, 0) is 36.4 Å². The Kier molecular flexibility index (Phi) is 3.66. The molecular weight excluding hydrogens is 249 g/mol. The molecule has 0 radical (unpaired) electrons. The fraction of sp³-hybridized carbons (Fsp3) is 0.0714. The number of carboxylic acid groups (broad SMARTS) is 1. The third-order valence-electron chi connectivity index (χ3n) is 2.59. The van der Waals surface area contributed by atoms with Crippen molar-refractivity contribution in [3.63, 3.8) is 0 Å². The van der Waals surface area contributed by atoms with Gasteiger partial charge in [-0.2, -0.15) is 0 Å². The van der Waals surface area contributed by atoms with Crippen LogP contribution < -0.4 is 9.64 Å². The van der Waals surface area contributed by atoms with Crippen LogP contribution in [0.5, 0.6) is 5.75 Å². The van der Waals surface area contributed by atoms with E-state index < -0.39 is 11.9 Å². The van der Waals surface area contributed by atoms with Crippen molar-refractivity contribution in [2.75, 3.05) is 12.0 Å². The maximum atomic E-state index is 12.9. The number of methoxy groups -OCH3 is 1. The number of hydrogen-bond acceptors (Lipinski definition) is 2. The summed E-state index contributed by atoms with van der Waals surface area (Å²) < 4.78 is 17.9. The molecule has 2 aromatic rings. The van der Waals surface area contributed by atoms with Gasteiger partial charge in [0.1, 0.15) is 11.6 Å². The van der Waals surface area contributed by atoms with Crippen LogP contribution in [-0.4, -0.2) is 18.3 Å². The Balaban J connectivity index is 2.45. The minimum Gasteiger partial charge on any atom is -0.497 e. The molecule has 0 aliphatic carbocycles. The molecule has 0 heterocycles. The maximum absolute atomic E-state index is 12.9. The molecule has 0 aliphatic rings. The second kappa shape index (κ2) is 5.39. The average molecular weight is 261 g/mol. The highest BCUT2D eigenvalue weighted by molar-refractivity contribution is 5.94. The van der Waals surface area contributed by atoms with Gasteiger partial charge in [0, 0.05) is 6.07 Å². The van der Waals surface area contributed by atoms with E-state index in [4.69, 9.17) is 4.74 Å². The van der Waals surface area contributed by atoms with Crippen LogP contribution in [0.4, 0.5) is 20.6 Å². The van der Waals surface area contributed by atoms with Gasteiger partial charge in [-0.25, -0.2) is 14.1 Å². The van der Waals surface area contributed by atoms with Gasteiger partial charge in [0.15, 0.2) is 0 Å². The number of ether oxygens (including phenoxy) is 1. The van der Waals surface area contributed by atoms with Gasteiger partial charge >= 0.3 is 6.09 Å². The topological polar surface area (TPSA) is 49.8 Å². The highest BCUT2D eigenvalue weighted by atomic mass is 19.1. The number of amides is 1. The van der Waals surface area contributed by atoms with Gasteiger partial charge in [0.25, 0.3) is 0 Å². The van der Waals surface area contributed by atoms with E-state index in [2.05, 4.69) is 0 Å². The molecule has 0 atom stereocenters. The first-order valence-corrected chi connectivity index (χ1v) is 5.54. The van der Waals surface area contributed by atoms with Crippen molar-refractivity contribution in [2.24, 2.45) is 0 Å². The predicted molar refractivity (Wildman–Crippen MR) is 69.6 cm³/mol. The van der Waals surface area contributed by atoms with E-state index in [1.165, 1.54) is 31.4 Å². The number of halogens is 1. The van der Waals surface area contributed by atoms with Gasteiger partial charge < -0.3 is 9.84 Å². The molecule has 98 valence electrons. The van der Waals surface area contributed by atoms with Gasteiger partial charge in [0.2, 0.25) is 0 Å². The zero-order valence-electron chi connectivity index (χ0n) is 10.2. The second-order valence-electron chi connectivity index (χ2n) is 3.80. The van der Waals surface area contributed by atoms with Crippen molar-refractivity contribution >= 4 is 17.5 Å². The summed E-state index contributed by atoms with van der Waals surface area (Å²) in [6.07, 6.45) is -1.15. The molecular formula is C14H12FNO3. The molecule has 5 heteroatoms. The Bertz CT molecular complexity index is 583. The molecule has 19 heavy (non-hydrogen) atoms. The van der Waals surface area contributed by atoms with E-state index in [-0.39, 0.29) is 0 Å². The van der Waals surface area contributed by atoms with Crippen LogP contribution >= 0.6 is 0 Å². The zero-order valence-corrected chi connectivity index (χ0v) is 10.2. The summed E-state index contributed by atoms with van der Waals surface area (Å²) in [6, 6.07) is 11.9. The van der Waals surface area contributed by atoms with Crippen LogP contribution in [-0.2, 0) is 0 Å². The molecule has 0 unspecified atom stereocenters. The summed E-state index contributed by atoms with van der Waals surface area (Å²) in [4.78, 5) is 12.4. The van der Waals surface area contributed by atoms with E-state index in [9.17, 15) is 14.3 Å². The molecule has 2 rings (SSSR count). The van der Waals surface area contributed by atoms with Crippen LogP contribution in [0, 0.1) is 5.82 Å². The lowest BCUT2D eigenvalue weighted by atomic mass is 10.2. The summed E-state index contributed by atoms with van der Waals surface area (Å²) in [5.41, 5.74) is 0.792. The Morgan fingerprint density at radius 2 is 1.84 bits per heavy atom. The molecule has 0 saturated heterocycles. The lowest BCUT2D eigenvalue weighted by Gasteiger charge is -2.19. The summed E-state index contributed by atoms with van der Waals surface area (Å²) in [5, 5.41) is 9.30. The van der Waals surface area contributed by atoms with Crippen molar-refractivity contribution < 1.29 is 19.0 Å². The molecule has 4 nitrogen and oxygen atoms in total. The minimum absolute atomic E-state index is 0.363. The van der Waals surface area contributed by atoms with Crippen molar-refractivity contribution in [1.82, 2.24) is 0 Å². The molecule has 0 aliphatic heterocycles. The SMILES string of the molecule is COc1cccc(N(C(=O)O)c2ccc(F)cc2)c1. The van der Waals surface area contributed by atoms with Gasteiger partial charge in [-0.3, -0.25) is 0 Å². The van der Waals surface area contributed by atoms with E-state index in [1.807, 2.05) is 0 Å². The average Bonchev–Trinajstić information content (AvgIpc) is 2.41. The Labute approximate surface area is 109 Å². The maximum Gasteiger partial charge on any atom is 0.416 e. The first-order valence-electron chi connectivity index (χ1n) is 5.54. The van der Waals surface area contributed by atoms with E-state index >= 15 is 0 Å². The standard InChI is InChI=1S/C14H12FNO3/c1-19-13-4-2-3-12(9-13)16(14(17)18)11-7-5-10(15)6-8-11/h2-9H,1H3,(H,17,18). The number of benzene rings is 2. The molecule has 0 fully saturated rings. The Hall–Kier alpha value is -2.56. The molecule has 2 aromatic carbocycles. The quantitative estimate of drug-likeness (QED) is 0.917. The van der Waals surface area contributed by atoms with Crippen molar-refractivity contribution in [3.8, 4) is 5.75 Å². The lowest BCUT2D eigenvalue weighted by molar-refractivity contribution is 0.205. The van der Waals surface area contributed by atoms with Gasteiger partial charge in [-0.1, -0.05) is 6.07 Å². The van der Waals surface area contributed by atoms with Crippen molar-refractivity contribution in [2.45, 2.75) is 0 Å². The summed E-state index contributed by atoms with van der Waals surface area (Å²) in [6.45, 7) is 0. The number of anilines is 2. The number of hydrogen-bond donors (Lipinski definition) is 1. The zero-order chi connectivity index (χ0) is 13.8. The van der Waals surface area contributed by atoms with Crippen LogP contribution in [0.1, 0.15) is 0 Å². The van der Waals surface area contributed by atoms with Gasteiger partial charge in [-0.15, -0.1) is 0 Å². The first-order chi connectivity index (χ1) is 9.11. The summed E-state index contributed by atoms with van der Waals surface area (Å²) in [5.74, 6) is 0.130. The summed E-state index contributed by atoms with van der Waals surface area (Å²) >= 11 is 0. The monoisotopic (exact) mass is 261 g/mol. The van der Waals surface area contributed by atoms with Crippen molar-refractivity contribution in [3.05, 3.63) is 54.3 Å². The number of carbonyl (C=O) groups is 1. The predicted octanol–water partition coefficient (Wildman–Crippen LogP) is 3.65. The smallest absolute Gasteiger partial charge is 0.416 e. The fourth-order valence-corrected chi connectivity index (χ4v) is 1.71. The molecule has 0 bridgehead atoms. The van der Waals surface area contributed by atoms with E-state index in [0.717, 1.165) is 4.90 Å². The second-order valence-corrected chi connectivity index (χ2v) is 3.80. The third-order valence-corrected chi connectivity index (χ3v) is 2.59. The summed E-state index contributed by atoms with van der Waals surface area (Å²) in [7, 11) is 1.50. The molecule has 1 N–H and O–H groups in total. The highest BCUT2D eigenvalue weighted by Crippen LogP contribution is 2.28. The van der Waals surface area contributed by atoms with Crippen LogP contribution in [0.3, 0.4) is 0 Å². The Morgan fingerprint density at radius 1 is 1.16 bits per heavy atom. The van der Waals surface area contributed by atoms with E-state index in [0.29, 0.717) is 17.1 Å². The van der Waals surface area contributed by atoms with Gasteiger partial charge in [0.05, 0.1) is 18.5 Å². The Morgan fingerprint density at radius 3 is 2.42 bits per heavy atom. The number of nitrogens with zero attached hydrogens (tertiary/aromatic N) is 1. The highest BCUT2D eigenvalue weighted by Gasteiger charge is 2.17. The normalized spacial score (nSPS) is 10.0. The molecule has 0 aromatic heterocycles. The van der Waals surface area contributed by atoms with Crippen LogP contribution in [0.25, 0.3) is 0 Å². The lowest BCUT2D eigenvalue weighted by Crippen LogP contribution is -2.23. The molecule has 0 saturated carbocycles. The van der Waals surface area contributed by atoms with Crippen LogP contribution in [0.15, 0.2) is 48.5 Å². The minimum atomic E-state index is -1.15. The van der Waals surface area contributed by atoms with Crippen molar-refractivity contribution in [1.29, 1.82) is 0 Å². The molecule has 0 spiro atoms. The van der Waals surface area contributed by atoms with Crippen LogP contribution in [0.2, 0.25) is 0 Å². The number of rotatable bonds is 3. The first kappa shape index (κ1) is 12.9.